The first kappa shape index (κ1) is 15.4. The van der Waals surface area contributed by atoms with E-state index in [-0.39, 0.29) is 0 Å². The van der Waals surface area contributed by atoms with E-state index < -0.39 is 0 Å². The summed E-state index contributed by atoms with van der Waals surface area (Å²) < 4.78 is 1.25. The van der Waals surface area contributed by atoms with Crippen LogP contribution in [-0.2, 0) is 13.1 Å². The maximum atomic E-state index is 4.76. The summed E-state index contributed by atoms with van der Waals surface area (Å²) in [6.07, 6.45) is 0. The number of benzene rings is 2. The Morgan fingerprint density at radius 1 is 0.917 bits per heavy atom. The molecule has 0 fully saturated rings. The van der Waals surface area contributed by atoms with Gasteiger partial charge in [-0.15, -0.1) is 22.7 Å². The molecular formula is C19H17N3S2. The standard InChI is InChI=1S/C19H17N3S2/c1-22(12-18-21-16-9-5-6-10-17(16)24-18)11-15-13-23-19(20-15)14-7-3-2-4-8-14/h2-10,13H,11-12H2,1H3. The molecule has 0 amide bonds. The van der Waals surface area contributed by atoms with Crippen LogP contribution < -0.4 is 0 Å². The van der Waals surface area contributed by atoms with Gasteiger partial charge in [0, 0.05) is 17.5 Å². The van der Waals surface area contributed by atoms with Gasteiger partial charge >= 0.3 is 0 Å². The van der Waals surface area contributed by atoms with Crippen LogP contribution in [0.1, 0.15) is 10.7 Å². The van der Waals surface area contributed by atoms with Crippen molar-refractivity contribution in [2.45, 2.75) is 13.1 Å². The van der Waals surface area contributed by atoms with Gasteiger partial charge in [0.05, 0.1) is 22.5 Å². The second-order valence-electron chi connectivity index (χ2n) is 5.76. The van der Waals surface area contributed by atoms with Gasteiger partial charge in [0.1, 0.15) is 10.0 Å². The Bertz CT molecular complexity index is 910. The van der Waals surface area contributed by atoms with E-state index in [2.05, 4.69) is 59.8 Å². The molecule has 0 atom stereocenters. The van der Waals surface area contributed by atoms with Crippen LogP contribution in [0.15, 0.2) is 60.0 Å². The van der Waals surface area contributed by atoms with E-state index in [0.717, 1.165) is 34.3 Å². The zero-order valence-corrected chi connectivity index (χ0v) is 15.0. The molecule has 2 heterocycles. The van der Waals surface area contributed by atoms with Gasteiger partial charge in [-0.25, -0.2) is 9.97 Å². The van der Waals surface area contributed by atoms with Gasteiger partial charge in [-0.2, -0.15) is 0 Å². The lowest BCUT2D eigenvalue weighted by molar-refractivity contribution is 0.315. The Hall–Kier alpha value is -2.08. The predicted molar refractivity (Wildman–Crippen MR) is 102 cm³/mol. The van der Waals surface area contributed by atoms with Crippen LogP contribution in [0.5, 0.6) is 0 Å². The van der Waals surface area contributed by atoms with E-state index in [1.54, 1.807) is 22.7 Å². The number of rotatable bonds is 5. The van der Waals surface area contributed by atoms with Crippen LogP contribution >= 0.6 is 22.7 Å². The molecule has 0 aliphatic carbocycles. The van der Waals surface area contributed by atoms with Crippen LogP contribution in [0.25, 0.3) is 20.8 Å². The topological polar surface area (TPSA) is 29.0 Å². The fourth-order valence-corrected chi connectivity index (χ4v) is 4.51. The molecule has 4 aromatic rings. The minimum atomic E-state index is 0.833. The molecule has 0 radical (unpaired) electrons. The summed E-state index contributed by atoms with van der Waals surface area (Å²) in [4.78, 5) is 11.7. The molecule has 120 valence electrons. The second kappa shape index (κ2) is 6.81. The molecule has 3 nitrogen and oxygen atoms in total. The number of thiazole rings is 2. The van der Waals surface area contributed by atoms with E-state index in [1.807, 2.05) is 12.1 Å². The Morgan fingerprint density at radius 2 is 1.71 bits per heavy atom. The van der Waals surface area contributed by atoms with Gasteiger partial charge < -0.3 is 0 Å². The Kier molecular flexibility index (Phi) is 4.38. The molecule has 0 aliphatic rings. The van der Waals surface area contributed by atoms with Gasteiger partial charge in [0.15, 0.2) is 0 Å². The van der Waals surface area contributed by atoms with Gasteiger partial charge in [-0.1, -0.05) is 42.5 Å². The average Bonchev–Trinajstić information content (AvgIpc) is 3.21. The lowest BCUT2D eigenvalue weighted by atomic mass is 10.2. The van der Waals surface area contributed by atoms with Crippen molar-refractivity contribution in [2.75, 3.05) is 7.05 Å². The lowest BCUT2D eigenvalue weighted by Gasteiger charge is -2.12. The summed E-state index contributed by atoms with van der Waals surface area (Å²) in [6, 6.07) is 18.6. The van der Waals surface area contributed by atoms with Gasteiger partial charge in [0.25, 0.3) is 0 Å². The van der Waals surface area contributed by atoms with Crippen molar-refractivity contribution in [2.24, 2.45) is 0 Å². The molecule has 0 bridgehead atoms. The molecule has 0 saturated heterocycles. The SMILES string of the molecule is CN(Cc1csc(-c2ccccc2)n1)Cc1nc2ccccc2s1. The number of nitrogens with zero attached hydrogens (tertiary/aromatic N) is 3. The Morgan fingerprint density at radius 3 is 2.54 bits per heavy atom. The highest BCUT2D eigenvalue weighted by Crippen LogP contribution is 2.25. The highest BCUT2D eigenvalue weighted by atomic mass is 32.1. The molecule has 2 aromatic carbocycles. The maximum absolute atomic E-state index is 4.76. The number of fused-ring (bicyclic) bond motifs is 1. The smallest absolute Gasteiger partial charge is 0.123 e. The zero-order chi connectivity index (χ0) is 16.4. The summed E-state index contributed by atoms with van der Waals surface area (Å²) in [6.45, 7) is 1.68. The molecule has 0 unspecified atom stereocenters. The molecule has 5 heteroatoms. The van der Waals surface area contributed by atoms with Crippen molar-refractivity contribution in [1.29, 1.82) is 0 Å². The van der Waals surface area contributed by atoms with E-state index in [9.17, 15) is 0 Å². The molecule has 4 rings (SSSR count). The van der Waals surface area contributed by atoms with Crippen LogP contribution in [0.4, 0.5) is 0 Å². The highest BCUT2D eigenvalue weighted by Gasteiger charge is 2.10. The fraction of sp³-hybridized carbons (Fsp3) is 0.158. The number of hydrogen-bond donors (Lipinski definition) is 0. The van der Waals surface area contributed by atoms with Gasteiger partial charge in [0.2, 0.25) is 0 Å². The van der Waals surface area contributed by atoms with E-state index >= 15 is 0 Å². The molecule has 0 N–H and O–H groups in total. The van der Waals surface area contributed by atoms with Gasteiger partial charge in [-0.05, 0) is 19.2 Å². The largest absolute Gasteiger partial charge is 0.294 e. The van der Waals surface area contributed by atoms with E-state index in [0.29, 0.717) is 0 Å². The van der Waals surface area contributed by atoms with Crippen molar-refractivity contribution in [3.63, 3.8) is 0 Å². The van der Waals surface area contributed by atoms with Crippen LogP contribution in [0, 0.1) is 0 Å². The zero-order valence-electron chi connectivity index (χ0n) is 13.3. The van der Waals surface area contributed by atoms with Crippen molar-refractivity contribution in [3.8, 4) is 10.6 Å². The molecule has 0 saturated carbocycles. The molecular weight excluding hydrogens is 334 g/mol. The first-order valence-electron chi connectivity index (χ1n) is 7.81. The van der Waals surface area contributed by atoms with E-state index in [1.165, 1.54) is 10.3 Å². The Labute approximate surface area is 149 Å². The van der Waals surface area contributed by atoms with Crippen LogP contribution in [0.3, 0.4) is 0 Å². The summed E-state index contributed by atoms with van der Waals surface area (Å²) in [5, 5.41) is 4.38. The lowest BCUT2D eigenvalue weighted by Crippen LogP contribution is -2.17. The third-order valence-electron chi connectivity index (χ3n) is 3.75. The molecule has 0 aliphatic heterocycles. The Balaban J connectivity index is 1.44. The maximum Gasteiger partial charge on any atom is 0.123 e. The quantitative estimate of drug-likeness (QED) is 0.504. The van der Waals surface area contributed by atoms with Gasteiger partial charge in [-0.3, -0.25) is 4.90 Å². The minimum Gasteiger partial charge on any atom is -0.294 e. The average molecular weight is 352 g/mol. The van der Waals surface area contributed by atoms with Crippen molar-refractivity contribution < 1.29 is 0 Å². The third-order valence-corrected chi connectivity index (χ3v) is 5.71. The van der Waals surface area contributed by atoms with Crippen molar-refractivity contribution in [1.82, 2.24) is 14.9 Å². The summed E-state index contributed by atoms with van der Waals surface area (Å²) in [7, 11) is 2.12. The number of hydrogen-bond acceptors (Lipinski definition) is 5. The predicted octanol–water partition coefficient (Wildman–Crippen LogP) is 5.05. The molecule has 24 heavy (non-hydrogen) atoms. The summed E-state index contributed by atoms with van der Waals surface area (Å²) in [5.74, 6) is 0. The molecule has 0 spiro atoms. The highest BCUT2D eigenvalue weighted by molar-refractivity contribution is 7.18. The number of aromatic nitrogens is 2. The first-order valence-corrected chi connectivity index (χ1v) is 9.50. The summed E-state index contributed by atoms with van der Waals surface area (Å²) >= 11 is 3.47. The number of para-hydroxylation sites is 1. The van der Waals surface area contributed by atoms with Crippen molar-refractivity contribution in [3.05, 3.63) is 70.7 Å². The molecule has 2 aromatic heterocycles. The van der Waals surface area contributed by atoms with E-state index in [4.69, 9.17) is 9.97 Å². The minimum absolute atomic E-state index is 0.833. The first-order chi connectivity index (χ1) is 11.8. The van der Waals surface area contributed by atoms with Crippen LogP contribution in [-0.4, -0.2) is 21.9 Å². The third kappa shape index (κ3) is 3.38. The normalized spacial score (nSPS) is 11.4. The van der Waals surface area contributed by atoms with Crippen LogP contribution in [0.2, 0.25) is 0 Å². The monoisotopic (exact) mass is 351 g/mol. The van der Waals surface area contributed by atoms with Crippen molar-refractivity contribution >= 4 is 32.9 Å². The second-order valence-corrected chi connectivity index (χ2v) is 7.73. The fourth-order valence-electron chi connectivity index (χ4n) is 2.64. The summed E-state index contributed by atoms with van der Waals surface area (Å²) in [5.41, 5.74) is 3.39.